The summed E-state index contributed by atoms with van der Waals surface area (Å²) in [6, 6.07) is 2.79. The van der Waals surface area contributed by atoms with Crippen molar-refractivity contribution >= 4 is 28.4 Å². The van der Waals surface area contributed by atoms with Crippen LogP contribution < -0.4 is 5.11 Å². The Hall–Kier alpha value is -1.69. The van der Waals surface area contributed by atoms with Crippen molar-refractivity contribution in [3.05, 3.63) is 33.2 Å². The molecule has 6 heteroatoms. The normalized spacial score (nSPS) is 10.5. The fraction of sp³-hybridized carbons (Fsp3) is 0. The van der Waals surface area contributed by atoms with E-state index in [1.165, 1.54) is 18.2 Å². The molecule has 0 spiro atoms. The number of nitro groups is 1. The Morgan fingerprint density at radius 2 is 2.23 bits per heavy atom. The summed E-state index contributed by atoms with van der Waals surface area (Å²) in [6.45, 7) is 0. The van der Waals surface area contributed by atoms with Gasteiger partial charge in [0, 0.05) is 10.9 Å². The third-order valence-electron chi connectivity index (χ3n) is 1.18. The minimum absolute atomic E-state index is 0.0157. The molecule has 0 saturated heterocycles. The Morgan fingerprint density at radius 1 is 1.54 bits per heavy atom. The van der Waals surface area contributed by atoms with Crippen LogP contribution in [0.5, 0.6) is 0 Å². The minimum Gasteiger partial charge on any atom is -0.545 e. The SMILES string of the molecule is O=C([O-])/C=C/c1ccc([N+](=O)[O-])s1. The van der Waals surface area contributed by atoms with Gasteiger partial charge < -0.3 is 9.90 Å². The van der Waals surface area contributed by atoms with Gasteiger partial charge in [-0.25, -0.2) is 0 Å². The summed E-state index contributed by atoms with van der Waals surface area (Å²) in [6.07, 6.45) is 2.09. The molecule has 5 nitrogen and oxygen atoms in total. The van der Waals surface area contributed by atoms with E-state index in [9.17, 15) is 20.0 Å². The Morgan fingerprint density at radius 3 is 2.69 bits per heavy atom. The largest absolute Gasteiger partial charge is 0.545 e. The van der Waals surface area contributed by atoms with Crippen LogP contribution in [0.1, 0.15) is 4.88 Å². The Kier molecular flexibility index (Phi) is 2.76. The maximum absolute atomic E-state index is 10.2. The number of nitrogens with zero attached hydrogens (tertiary/aromatic N) is 1. The van der Waals surface area contributed by atoms with Gasteiger partial charge in [-0.2, -0.15) is 0 Å². The van der Waals surface area contributed by atoms with Crippen molar-refractivity contribution in [1.29, 1.82) is 0 Å². The summed E-state index contributed by atoms with van der Waals surface area (Å²) in [4.78, 5) is 20.2. The number of hydrogen-bond acceptors (Lipinski definition) is 5. The predicted molar refractivity (Wildman–Crippen MR) is 45.0 cm³/mol. The zero-order valence-electron chi connectivity index (χ0n) is 6.30. The number of carbonyl (C=O) groups is 1. The summed E-state index contributed by atoms with van der Waals surface area (Å²) >= 11 is 0.906. The molecule has 1 heterocycles. The van der Waals surface area contributed by atoms with Crippen LogP contribution in [0.4, 0.5) is 5.00 Å². The fourth-order valence-electron chi connectivity index (χ4n) is 0.680. The predicted octanol–water partition coefficient (Wildman–Crippen LogP) is 0.419. The zero-order valence-corrected chi connectivity index (χ0v) is 7.11. The minimum atomic E-state index is -1.32. The van der Waals surface area contributed by atoms with Crippen molar-refractivity contribution in [2.75, 3.05) is 0 Å². The van der Waals surface area contributed by atoms with Gasteiger partial charge in [0.15, 0.2) is 0 Å². The monoisotopic (exact) mass is 198 g/mol. The van der Waals surface area contributed by atoms with Crippen LogP contribution in [0.25, 0.3) is 6.08 Å². The number of carboxylic acids is 1. The van der Waals surface area contributed by atoms with E-state index in [1.54, 1.807) is 0 Å². The third-order valence-corrected chi connectivity index (χ3v) is 2.18. The molecule has 0 aromatic carbocycles. The molecule has 0 N–H and O–H groups in total. The Bertz CT molecular complexity index is 368. The topological polar surface area (TPSA) is 83.3 Å². The maximum Gasteiger partial charge on any atom is 0.324 e. The number of aliphatic carboxylic acids is 1. The molecule has 1 aromatic heterocycles. The molecule has 13 heavy (non-hydrogen) atoms. The lowest BCUT2D eigenvalue weighted by Gasteiger charge is -1.87. The average Bonchev–Trinajstić information content (AvgIpc) is 2.48. The molecule has 0 aliphatic rings. The Labute approximate surface area is 77.1 Å². The molecule has 0 bridgehead atoms. The second-order valence-electron chi connectivity index (χ2n) is 2.09. The summed E-state index contributed by atoms with van der Waals surface area (Å²) < 4.78 is 0. The molecule has 68 valence electrons. The van der Waals surface area contributed by atoms with Crippen molar-refractivity contribution in [3.8, 4) is 0 Å². The number of thiophene rings is 1. The highest BCUT2D eigenvalue weighted by Crippen LogP contribution is 2.24. The van der Waals surface area contributed by atoms with Gasteiger partial charge in [-0.3, -0.25) is 10.1 Å². The van der Waals surface area contributed by atoms with Crippen molar-refractivity contribution in [2.45, 2.75) is 0 Å². The molecule has 0 aliphatic carbocycles. The molecule has 0 unspecified atom stereocenters. The van der Waals surface area contributed by atoms with Gasteiger partial charge in [0.05, 0.1) is 10.9 Å². The Balaban J connectivity index is 2.80. The van der Waals surface area contributed by atoms with E-state index >= 15 is 0 Å². The van der Waals surface area contributed by atoms with Gasteiger partial charge in [-0.05, 0) is 18.2 Å². The highest BCUT2D eigenvalue weighted by molar-refractivity contribution is 7.16. The molecule has 0 radical (unpaired) electrons. The van der Waals surface area contributed by atoms with E-state index in [1.807, 2.05) is 0 Å². The quantitative estimate of drug-likeness (QED) is 0.400. The summed E-state index contributed by atoms with van der Waals surface area (Å²) in [5.74, 6) is -1.32. The first kappa shape index (κ1) is 9.40. The lowest BCUT2D eigenvalue weighted by Crippen LogP contribution is -2.18. The number of hydrogen-bond donors (Lipinski definition) is 0. The van der Waals surface area contributed by atoms with Crippen LogP contribution >= 0.6 is 11.3 Å². The molecule has 0 saturated carbocycles. The van der Waals surface area contributed by atoms with Gasteiger partial charge in [0.25, 0.3) is 0 Å². The van der Waals surface area contributed by atoms with E-state index in [2.05, 4.69) is 0 Å². The fourth-order valence-corrected chi connectivity index (χ4v) is 1.40. The van der Waals surface area contributed by atoms with Crippen LogP contribution in [0, 0.1) is 10.1 Å². The molecular formula is C7H4NO4S-. The molecule has 0 aliphatic heterocycles. The van der Waals surface area contributed by atoms with Crippen molar-refractivity contribution in [2.24, 2.45) is 0 Å². The lowest BCUT2D eigenvalue weighted by molar-refractivity contribution is -0.380. The number of carboxylic acid groups (broad SMARTS) is 1. The van der Waals surface area contributed by atoms with Crippen molar-refractivity contribution < 1.29 is 14.8 Å². The summed E-state index contributed by atoms with van der Waals surface area (Å²) in [7, 11) is 0. The molecule has 1 rings (SSSR count). The molecular weight excluding hydrogens is 194 g/mol. The molecule has 0 atom stereocenters. The molecule has 1 aromatic rings. The maximum atomic E-state index is 10.2. The first-order valence-corrected chi connectivity index (χ1v) is 4.04. The average molecular weight is 198 g/mol. The van der Waals surface area contributed by atoms with Gasteiger partial charge >= 0.3 is 5.00 Å². The first-order chi connectivity index (χ1) is 6.09. The molecule has 0 amide bonds. The van der Waals surface area contributed by atoms with E-state index < -0.39 is 10.9 Å². The molecule has 0 fully saturated rings. The summed E-state index contributed by atoms with van der Waals surface area (Å²) in [5, 5.41) is 20.2. The summed E-state index contributed by atoms with van der Waals surface area (Å²) in [5.41, 5.74) is 0. The van der Waals surface area contributed by atoms with Gasteiger partial charge in [0.2, 0.25) is 0 Å². The van der Waals surface area contributed by atoms with E-state index in [0.717, 1.165) is 17.4 Å². The van der Waals surface area contributed by atoms with Crippen LogP contribution in [0.2, 0.25) is 0 Å². The number of rotatable bonds is 3. The van der Waals surface area contributed by atoms with Gasteiger partial charge in [-0.15, -0.1) is 0 Å². The van der Waals surface area contributed by atoms with E-state index in [-0.39, 0.29) is 5.00 Å². The van der Waals surface area contributed by atoms with Gasteiger partial charge in [-0.1, -0.05) is 11.3 Å². The van der Waals surface area contributed by atoms with Gasteiger partial charge in [0.1, 0.15) is 0 Å². The zero-order chi connectivity index (χ0) is 9.84. The highest BCUT2D eigenvalue weighted by Gasteiger charge is 2.07. The van der Waals surface area contributed by atoms with Crippen LogP contribution in [0.3, 0.4) is 0 Å². The van der Waals surface area contributed by atoms with Crippen molar-refractivity contribution in [3.63, 3.8) is 0 Å². The lowest BCUT2D eigenvalue weighted by atomic mass is 10.4. The van der Waals surface area contributed by atoms with Crippen LogP contribution in [-0.4, -0.2) is 10.9 Å². The van der Waals surface area contributed by atoms with Crippen LogP contribution in [0.15, 0.2) is 18.2 Å². The smallest absolute Gasteiger partial charge is 0.324 e. The van der Waals surface area contributed by atoms with Crippen molar-refractivity contribution in [1.82, 2.24) is 0 Å². The van der Waals surface area contributed by atoms with Crippen LogP contribution in [-0.2, 0) is 4.79 Å². The standard InChI is InChI=1S/C7H5NO4S/c9-7(10)4-2-5-1-3-6(13-5)8(11)12/h1-4H,(H,9,10)/p-1/b4-2+. The second-order valence-corrected chi connectivity index (χ2v) is 3.18. The highest BCUT2D eigenvalue weighted by atomic mass is 32.1. The van der Waals surface area contributed by atoms with E-state index in [0.29, 0.717) is 4.88 Å². The second kappa shape index (κ2) is 3.81. The van der Waals surface area contributed by atoms with E-state index in [4.69, 9.17) is 0 Å². The first-order valence-electron chi connectivity index (χ1n) is 3.23. The number of carbonyl (C=O) groups excluding carboxylic acids is 1. The third kappa shape index (κ3) is 2.68.